The molecule has 0 saturated carbocycles. The molecule has 1 aliphatic heterocycles. The van der Waals surface area contributed by atoms with Crippen molar-refractivity contribution in [2.45, 2.75) is 44.9 Å². The fraction of sp³-hybridized carbons (Fsp3) is 0.348. The zero-order valence-electron chi connectivity index (χ0n) is 17.8. The summed E-state index contributed by atoms with van der Waals surface area (Å²) in [5, 5.41) is 4.17. The van der Waals surface area contributed by atoms with Crippen LogP contribution in [-0.4, -0.2) is 31.7 Å². The van der Waals surface area contributed by atoms with Crippen molar-refractivity contribution >= 4 is 44.2 Å². The number of furan rings is 1. The number of hydrogen-bond donors (Lipinski definition) is 1. The highest BCUT2D eigenvalue weighted by atomic mass is 35.5. The normalized spacial score (nSPS) is 15.4. The van der Waals surface area contributed by atoms with Crippen LogP contribution in [0.3, 0.4) is 0 Å². The molecule has 164 valence electrons. The van der Waals surface area contributed by atoms with Crippen molar-refractivity contribution in [2.24, 2.45) is 0 Å². The summed E-state index contributed by atoms with van der Waals surface area (Å²) >= 11 is 6.21. The van der Waals surface area contributed by atoms with Gasteiger partial charge in [0.15, 0.2) is 5.76 Å². The summed E-state index contributed by atoms with van der Waals surface area (Å²) in [5.41, 5.74) is 3.18. The van der Waals surface area contributed by atoms with Crippen LogP contribution in [0.5, 0.6) is 0 Å². The van der Waals surface area contributed by atoms with Crippen molar-refractivity contribution < 1.29 is 17.6 Å². The van der Waals surface area contributed by atoms with Crippen LogP contribution in [-0.2, 0) is 10.0 Å². The SMILES string of the molecule is Cc1cc2oc(C(=O)Nc3ccc(C)c(S(=O)(=O)N4CCCCC4)c3)c(C)c2cc1Cl. The molecular weight excluding hydrogens is 436 g/mol. The molecule has 8 heteroatoms. The summed E-state index contributed by atoms with van der Waals surface area (Å²) in [6, 6.07) is 8.52. The van der Waals surface area contributed by atoms with E-state index in [0.717, 1.165) is 30.2 Å². The lowest BCUT2D eigenvalue weighted by Crippen LogP contribution is -2.36. The number of carbonyl (C=O) groups excluding carboxylic acids is 1. The van der Waals surface area contributed by atoms with Crippen LogP contribution in [0.4, 0.5) is 5.69 Å². The third kappa shape index (κ3) is 4.10. The Morgan fingerprint density at radius 1 is 1.03 bits per heavy atom. The number of hydrogen-bond acceptors (Lipinski definition) is 4. The molecule has 31 heavy (non-hydrogen) atoms. The highest BCUT2D eigenvalue weighted by molar-refractivity contribution is 7.89. The van der Waals surface area contributed by atoms with Gasteiger partial charge in [-0.05, 0) is 69.0 Å². The summed E-state index contributed by atoms with van der Waals surface area (Å²) in [6.07, 6.45) is 2.77. The van der Waals surface area contributed by atoms with Gasteiger partial charge in [0.25, 0.3) is 5.91 Å². The van der Waals surface area contributed by atoms with Crippen molar-refractivity contribution in [3.05, 3.63) is 57.8 Å². The fourth-order valence-corrected chi connectivity index (χ4v) is 5.88. The Hall–Kier alpha value is -2.35. The highest BCUT2D eigenvalue weighted by Crippen LogP contribution is 2.31. The highest BCUT2D eigenvalue weighted by Gasteiger charge is 2.28. The lowest BCUT2D eigenvalue weighted by Gasteiger charge is -2.26. The third-order valence-corrected chi connectivity index (χ3v) is 8.25. The number of amides is 1. The minimum Gasteiger partial charge on any atom is -0.451 e. The van der Waals surface area contributed by atoms with Crippen LogP contribution >= 0.6 is 11.6 Å². The van der Waals surface area contributed by atoms with Gasteiger partial charge in [-0.2, -0.15) is 4.31 Å². The molecule has 1 fully saturated rings. The number of nitrogens with zero attached hydrogens (tertiary/aromatic N) is 1. The summed E-state index contributed by atoms with van der Waals surface area (Å²) in [5.74, 6) is -0.259. The molecule has 1 amide bonds. The first-order valence-electron chi connectivity index (χ1n) is 10.3. The Bertz CT molecular complexity index is 1270. The lowest BCUT2D eigenvalue weighted by atomic mass is 10.1. The molecule has 4 rings (SSSR count). The minimum absolute atomic E-state index is 0.178. The maximum Gasteiger partial charge on any atom is 0.291 e. The number of anilines is 1. The maximum atomic E-state index is 13.1. The number of rotatable bonds is 4. The van der Waals surface area contributed by atoms with Gasteiger partial charge >= 0.3 is 0 Å². The number of fused-ring (bicyclic) bond motifs is 1. The second kappa shape index (κ2) is 8.30. The van der Waals surface area contributed by atoms with Crippen LogP contribution in [0.1, 0.15) is 46.5 Å². The molecule has 0 radical (unpaired) electrons. The number of aryl methyl sites for hydroxylation is 3. The van der Waals surface area contributed by atoms with Crippen molar-refractivity contribution in [1.82, 2.24) is 4.31 Å². The van der Waals surface area contributed by atoms with E-state index >= 15 is 0 Å². The van der Waals surface area contributed by atoms with E-state index in [1.807, 2.05) is 6.92 Å². The largest absolute Gasteiger partial charge is 0.451 e. The van der Waals surface area contributed by atoms with Crippen LogP contribution in [0.15, 0.2) is 39.6 Å². The fourth-order valence-electron chi connectivity index (χ4n) is 3.95. The van der Waals surface area contributed by atoms with E-state index in [0.29, 0.717) is 40.5 Å². The van der Waals surface area contributed by atoms with E-state index in [1.165, 1.54) is 10.4 Å². The smallest absolute Gasteiger partial charge is 0.291 e. The van der Waals surface area contributed by atoms with E-state index in [-0.39, 0.29) is 10.7 Å². The summed E-state index contributed by atoms with van der Waals surface area (Å²) in [7, 11) is -3.61. The van der Waals surface area contributed by atoms with Gasteiger partial charge in [0, 0.05) is 34.7 Å². The van der Waals surface area contributed by atoms with Gasteiger partial charge in [-0.15, -0.1) is 0 Å². The van der Waals surface area contributed by atoms with Gasteiger partial charge in [0.05, 0.1) is 4.90 Å². The van der Waals surface area contributed by atoms with Crippen molar-refractivity contribution in [2.75, 3.05) is 18.4 Å². The van der Waals surface area contributed by atoms with Gasteiger partial charge in [-0.25, -0.2) is 8.42 Å². The summed E-state index contributed by atoms with van der Waals surface area (Å²) < 4.78 is 33.6. The minimum atomic E-state index is -3.61. The van der Waals surface area contributed by atoms with Crippen LogP contribution in [0.2, 0.25) is 5.02 Å². The summed E-state index contributed by atoms with van der Waals surface area (Å²) in [4.78, 5) is 13.1. The van der Waals surface area contributed by atoms with Crippen LogP contribution in [0, 0.1) is 20.8 Å². The molecule has 2 aromatic carbocycles. The van der Waals surface area contributed by atoms with E-state index < -0.39 is 15.9 Å². The maximum absolute atomic E-state index is 13.1. The van der Waals surface area contributed by atoms with E-state index in [1.54, 1.807) is 38.1 Å². The van der Waals surface area contributed by atoms with Gasteiger partial charge in [0.1, 0.15) is 5.58 Å². The summed E-state index contributed by atoms with van der Waals surface area (Å²) in [6.45, 7) is 6.48. The third-order valence-electron chi connectivity index (χ3n) is 5.80. The van der Waals surface area contributed by atoms with Gasteiger partial charge in [0.2, 0.25) is 10.0 Å². The van der Waals surface area contributed by atoms with E-state index in [9.17, 15) is 13.2 Å². The van der Waals surface area contributed by atoms with Crippen molar-refractivity contribution in [1.29, 1.82) is 0 Å². The molecule has 0 atom stereocenters. The van der Waals surface area contributed by atoms with Crippen molar-refractivity contribution in [3.63, 3.8) is 0 Å². The quantitative estimate of drug-likeness (QED) is 0.562. The molecule has 2 heterocycles. The number of benzene rings is 2. The second-order valence-corrected chi connectivity index (χ2v) is 10.4. The Morgan fingerprint density at radius 3 is 2.45 bits per heavy atom. The molecule has 1 aliphatic rings. The van der Waals surface area contributed by atoms with Gasteiger partial charge < -0.3 is 9.73 Å². The van der Waals surface area contributed by atoms with Crippen LogP contribution in [0.25, 0.3) is 11.0 Å². The Balaban J connectivity index is 1.64. The van der Waals surface area contributed by atoms with E-state index in [4.69, 9.17) is 16.0 Å². The Labute approximate surface area is 187 Å². The molecule has 1 aromatic heterocycles. The first kappa shape index (κ1) is 21.9. The molecule has 1 N–H and O–H groups in total. The number of nitrogens with one attached hydrogen (secondary N) is 1. The zero-order chi connectivity index (χ0) is 22.3. The number of halogens is 1. The number of carbonyl (C=O) groups is 1. The topological polar surface area (TPSA) is 79.6 Å². The zero-order valence-corrected chi connectivity index (χ0v) is 19.4. The molecule has 0 spiro atoms. The molecule has 6 nitrogen and oxygen atoms in total. The lowest BCUT2D eigenvalue weighted by molar-refractivity contribution is 0.0998. The Kier molecular flexibility index (Phi) is 5.85. The monoisotopic (exact) mass is 460 g/mol. The number of piperidine rings is 1. The first-order chi connectivity index (χ1) is 14.7. The number of sulfonamides is 1. The van der Waals surface area contributed by atoms with Gasteiger partial charge in [-0.1, -0.05) is 24.1 Å². The van der Waals surface area contributed by atoms with Crippen molar-refractivity contribution in [3.8, 4) is 0 Å². The predicted octanol–water partition coefficient (Wildman–Crippen LogP) is 5.44. The molecular formula is C23H25ClN2O4S. The molecule has 0 aliphatic carbocycles. The average molecular weight is 461 g/mol. The standard InChI is InChI=1S/C23H25ClN2O4S/c1-14-7-8-17(12-21(14)31(28,29)26-9-5-4-6-10-26)25-23(27)22-16(3)18-13-19(24)15(2)11-20(18)30-22/h7-8,11-13H,4-6,9-10H2,1-3H3,(H,25,27). The first-order valence-corrected chi connectivity index (χ1v) is 12.1. The molecule has 3 aromatic rings. The molecule has 0 unspecified atom stereocenters. The second-order valence-electron chi connectivity index (χ2n) is 8.05. The molecule has 1 saturated heterocycles. The predicted molar refractivity (Wildman–Crippen MR) is 122 cm³/mol. The Morgan fingerprint density at radius 2 is 1.74 bits per heavy atom. The average Bonchev–Trinajstić information content (AvgIpc) is 3.06. The van der Waals surface area contributed by atoms with Crippen LogP contribution < -0.4 is 5.32 Å². The molecule has 0 bridgehead atoms. The van der Waals surface area contributed by atoms with E-state index in [2.05, 4.69) is 5.32 Å². The van der Waals surface area contributed by atoms with Gasteiger partial charge in [-0.3, -0.25) is 4.79 Å².